The van der Waals surface area contributed by atoms with E-state index < -0.39 is 86.8 Å². The van der Waals surface area contributed by atoms with Gasteiger partial charge in [-0.15, -0.1) is 0 Å². The topological polar surface area (TPSA) is 228 Å². The smallest absolute Gasteiger partial charge is 0.220 e. The molecule has 12 atom stereocenters. The Kier molecular flexibility index (Phi) is 43.9. The SMILES string of the molecule is CCCCCCC/C=C\C/C=C\CCCCCCCCCCCC(=O)NC(COC1OC(CO)C(OC2OC(CO)C(O)C(O)C2O)C(O)C1O)C(O)CCCCCCCCCCCCCCCCCCCCCC. The zero-order chi connectivity index (χ0) is 54.6. The molecule has 14 heteroatoms. The Balaban J connectivity index is 1.74. The van der Waals surface area contributed by atoms with Crippen molar-refractivity contribution in [2.24, 2.45) is 0 Å². The number of carbonyl (C=O) groups is 1. The average molecular weight is 1070 g/mol. The largest absolute Gasteiger partial charge is 0.394 e. The summed E-state index contributed by atoms with van der Waals surface area (Å²) in [7, 11) is 0. The second-order valence-electron chi connectivity index (χ2n) is 22.2. The lowest BCUT2D eigenvalue weighted by Crippen LogP contribution is -2.65. The average Bonchev–Trinajstić information content (AvgIpc) is 3.41. The fourth-order valence-corrected chi connectivity index (χ4v) is 10.4. The molecule has 2 aliphatic heterocycles. The first-order valence-electron chi connectivity index (χ1n) is 31.1. The van der Waals surface area contributed by atoms with Gasteiger partial charge in [-0.1, -0.05) is 237 Å². The third-order valence-corrected chi connectivity index (χ3v) is 15.4. The normalized spacial score (nSPS) is 25.1. The molecule has 2 fully saturated rings. The lowest BCUT2D eigenvalue weighted by Gasteiger charge is -2.46. The van der Waals surface area contributed by atoms with Gasteiger partial charge in [-0.25, -0.2) is 0 Å². The molecule has 0 aromatic carbocycles. The van der Waals surface area contributed by atoms with Gasteiger partial charge in [-0.2, -0.15) is 0 Å². The Hall–Kier alpha value is -1.53. The number of aliphatic hydroxyl groups excluding tert-OH is 8. The molecule has 0 spiro atoms. The van der Waals surface area contributed by atoms with Crippen molar-refractivity contribution >= 4 is 5.91 Å². The first-order valence-corrected chi connectivity index (χ1v) is 31.1. The Morgan fingerprint density at radius 2 is 0.880 bits per heavy atom. The van der Waals surface area contributed by atoms with Crippen LogP contribution in [0.1, 0.15) is 264 Å². The highest BCUT2D eigenvalue weighted by atomic mass is 16.7. The van der Waals surface area contributed by atoms with E-state index in [9.17, 15) is 45.6 Å². The molecule has 0 radical (unpaired) electrons. The zero-order valence-corrected chi connectivity index (χ0v) is 47.6. The van der Waals surface area contributed by atoms with E-state index in [0.717, 1.165) is 64.2 Å². The first-order chi connectivity index (χ1) is 36.6. The summed E-state index contributed by atoms with van der Waals surface area (Å²) < 4.78 is 22.9. The molecule has 0 aromatic heterocycles. The van der Waals surface area contributed by atoms with Crippen molar-refractivity contribution < 1.29 is 64.6 Å². The summed E-state index contributed by atoms with van der Waals surface area (Å²) in [6, 6.07) is -0.830. The maximum absolute atomic E-state index is 13.3. The minimum atomic E-state index is -1.78. The van der Waals surface area contributed by atoms with Crippen LogP contribution in [0.25, 0.3) is 0 Å². The molecule has 9 N–H and O–H groups in total. The van der Waals surface area contributed by atoms with E-state index in [1.165, 1.54) is 173 Å². The van der Waals surface area contributed by atoms with Crippen LogP contribution >= 0.6 is 0 Å². The molecule has 442 valence electrons. The number of ether oxygens (including phenoxy) is 4. The van der Waals surface area contributed by atoms with Crippen molar-refractivity contribution in [1.29, 1.82) is 0 Å². The Morgan fingerprint density at radius 3 is 1.33 bits per heavy atom. The van der Waals surface area contributed by atoms with Gasteiger partial charge in [0.25, 0.3) is 0 Å². The van der Waals surface area contributed by atoms with Crippen molar-refractivity contribution in [3.8, 4) is 0 Å². The highest BCUT2D eigenvalue weighted by molar-refractivity contribution is 5.76. The van der Waals surface area contributed by atoms with Crippen molar-refractivity contribution in [2.75, 3.05) is 19.8 Å². The summed E-state index contributed by atoms with van der Waals surface area (Å²) >= 11 is 0. The summed E-state index contributed by atoms with van der Waals surface area (Å²) in [5.74, 6) is -0.208. The molecule has 2 saturated heterocycles. The van der Waals surface area contributed by atoms with E-state index in [0.29, 0.717) is 12.8 Å². The van der Waals surface area contributed by atoms with Gasteiger partial charge < -0.3 is 65.1 Å². The Bertz CT molecular complexity index is 1350. The number of nitrogens with one attached hydrogen (secondary N) is 1. The predicted molar refractivity (Wildman–Crippen MR) is 300 cm³/mol. The van der Waals surface area contributed by atoms with E-state index in [1.54, 1.807) is 0 Å². The highest BCUT2D eigenvalue weighted by Crippen LogP contribution is 2.30. The number of carbonyl (C=O) groups excluding carboxylic acids is 1. The fraction of sp³-hybridized carbons (Fsp3) is 0.918. The molecule has 1 amide bonds. The minimum absolute atomic E-state index is 0.208. The van der Waals surface area contributed by atoms with Gasteiger partial charge in [0, 0.05) is 6.42 Å². The molecule has 75 heavy (non-hydrogen) atoms. The predicted octanol–water partition coefficient (Wildman–Crippen LogP) is 10.8. The number of unbranched alkanes of at least 4 members (excludes halogenated alkanes) is 33. The number of amides is 1. The number of hydrogen-bond acceptors (Lipinski definition) is 13. The van der Waals surface area contributed by atoms with Gasteiger partial charge >= 0.3 is 0 Å². The van der Waals surface area contributed by atoms with Gasteiger partial charge in [0.05, 0.1) is 32.0 Å². The van der Waals surface area contributed by atoms with Crippen LogP contribution in [-0.4, -0.2) is 140 Å². The molecule has 2 heterocycles. The summed E-state index contributed by atoms with van der Waals surface area (Å²) in [5.41, 5.74) is 0. The summed E-state index contributed by atoms with van der Waals surface area (Å²) in [6.07, 6.45) is 38.8. The molecule has 2 aliphatic rings. The number of aliphatic hydroxyl groups is 8. The van der Waals surface area contributed by atoms with Gasteiger partial charge in [-0.05, 0) is 44.9 Å². The van der Waals surface area contributed by atoms with Gasteiger partial charge in [0.15, 0.2) is 12.6 Å². The van der Waals surface area contributed by atoms with E-state index in [-0.39, 0.29) is 12.5 Å². The van der Waals surface area contributed by atoms with Crippen LogP contribution in [0.4, 0.5) is 0 Å². The van der Waals surface area contributed by atoms with E-state index >= 15 is 0 Å². The maximum Gasteiger partial charge on any atom is 0.220 e. The molecule has 0 saturated carbocycles. The quantitative estimate of drug-likeness (QED) is 0.0204. The van der Waals surface area contributed by atoms with Crippen molar-refractivity contribution in [3.63, 3.8) is 0 Å². The van der Waals surface area contributed by atoms with E-state index in [1.807, 2.05) is 0 Å². The standard InChI is InChI=1S/C61H115NO13/c1-3-5-7-9-11-13-15-17-19-21-23-25-27-29-31-33-35-37-39-41-43-45-53(66)62-49(50(65)44-42-40-38-36-34-32-30-28-26-24-22-20-18-16-14-12-10-8-6-4-2)48-72-60-58(71)56(69)59(52(47-64)74-60)75-61-57(70)55(68)54(67)51(46-63)73-61/h15,17,21,23,49-52,54-61,63-65,67-71H,3-14,16,18-20,22,24-48H2,1-2H3,(H,62,66)/b17-15-,23-21-. The van der Waals surface area contributed by atoms with Gasteiger partial charge in [0.2, 0.25) is 5.91 Å². The van der Waals surface area contributed by atoms with Gasteiger partial charge in [0.1, 0.15) is 48.8 Å². The highest BCUT2D eigenvalue weighted by Gasteiger charge is 2.51. The third-order valence-electron chi connectivity index (χ3n) is 15.4. The van der Waals surface area contributed by atoms with Crippen molar-refractivity contribution in [2.45, 2.75) is 338 Å². The van der Waals surface area contributed by atoms with Crippen LogP contribution in [0.3, 0.4) is 0 Å². The van der Waals surface area contributed by atoms with Crippen LogP contribution in [0.15, 0.2) is 24.3 Å². The molecule has 0 aromatic rings. The number of hydrogen-bond donors (Lipinski definition) is 9. The minimum Gasteiger partial charge on any atom is -0.394 e. The molecule has 14 nitrogen and oxygen atoms in total. The van der Waals surface area contributed by atoms with Crippen molar-refractivity contribution in [1.82, 2.24) is 5.32 Å². The molecule has 0 aliphatic carbocycles. The Morgan fingerprint density at radius 1 is 0.480 bits per heavy atom. The zero-order valence-electron chi connectivity index (χ0n) is 47.6. The second-order valence-corrected chi connectivity index (χ2v) is 22.2. The molecule has 0 bridgehead atoms. The molecular formula is C61H115NO13. The van der Waals surface area contributed by atoms with Crippen LogP contribution in [-0.2, 0) is 23.7 Å². The summed E-state index contributed by atoms with van der Waals surface area (Å²) in [4.78, 5) is 13.3. The number of allylic oxidation sites excluding steroid dienone is 4. The van der Waals surface area contributed by atoms with Crippen LogP contribution in [0, 0.1) is 0 Å². The summed E-state index contributed by atoms with van der Waals surface area (Å²) in [6.45, 7) is 2.88. The third kappa shape index (κ3) is 33.0. The fourth-order valence-electron chi connectivity index (χ4n) is 10.4. The van der Waals surface area contributed by atoms with Crippen LogP contribution < -0.4 is 5.32 Å². The lowest BCUT2D eigenvalue weighted by molar-refractivity contribution is -0.359. The van der Waals surface area contributed by atoms with Gasteiger partial charge in [-0.3, -0.25) is 4.79 Å². The Labute approximate surface area is 456 Å². The monoisotopic (exact) mass is 1070 g/mol. The number of rotatable bonds is 50. The van der Waals surface area contributed by atoms with Crippen molar-refractivity contribution in [3.05, 3.63) is 24.3 Å². The van der Waals surface area contributed by atoms with Crippen LogP contribution in [0.5, 0.6) is 0 Å². The molecule has 12 unspecified atom stereocenters. The second kappa shape index (κ2) is 47.3. The maximum atomic E-state index is 13.3. The first kappa shape index (κ1) is 69.6. The molecule has 2 rings (SSSR count). The molecular weight excluding hydrogens is 955 g/mol. The summed E-state index contributed by atoms with van der Waals surface area (Å²) in [5, 5.41) is 87.4. The van der Waals surface area contributed by atoms with E-state index in [4.69, 9.17) is 18.9 Å². The van der Waals surface area contributed by atoms with E-state index in [2.05, 4.69) is 43.5 Å². The lowest BCUT2D eigenvalue weighted by atomic mass is 9.97. The van der Waals surface area contributed by atoms with Crippen LogP contribution in [0.2, 0.25) is 0 Å².